The fourth-order valence-electron chi connectivity index (χ4n) is 2.57. The van der Waals surface area contributed by atoms with E-state index in [1.165, 1.54) is 18.4 Å². The summed E-state index contributed by atoms with van der Waals surface area (Å²) in [5.74, 6) is 1.39. The number of halogens is 2. The fraction of sp³-hybridized carbons (Fsp3) is 0.538. The van der Waals surface area contributed by atoms with Gasteiger partial charge in [-0.2, -0.15) is 0 Å². The highest BCUT2D eigenvalue weighted by molar-refractivity contribution is 6.18. The molecule has 16 heavy (non-hydrogen) atoms. The lowest BCUT2D eigenvalue weighted by Gasteiger charge is -2.28. The van der Waals surface area contributed by atoms with E-state index < -0.39 is 0 Å². The van der Waals surface area contributed by atoms with Crippen molar-refractivity contribution in [1.82, 2.24) is 4.90 Å². The van der Waals surface area contributed by atoms with Crippen molar-refractivity contribution in [2.45, 2.75) is 24.9 Å². The standard InChI is InChI=1S/C13H17Cl2N/c14-8-9-16-12(10-15)6-7-13(16)11-4-2-1-3-5-11/h1-5,12-13H,6-10H2/t12-,13+/m0/s1. The van der Waals surface area contributed by atoms with Crippen molar-refractivity contribution in [2.24, 2.45) is 0 Å². The fourth-order valence-corrected chi connectivity index (χ4v) is 3.10. The summed E-state index contributed by atoms with van der Waals surface area (Å²) >= 11 is 11.9. The largest absolute Gasteiger partial charge is 0.291 e. The molecule has 0 aromatic heterocycles. The Morgan fingerprint density at radius 2 is 1.88 bits per heavy atom. The maximum absolute atomic E-state index is 6.01. The summed E-state index contributed by atoms with van der Waals surface area (Å²) in [5.41, 5.74) is 1.39. The van der Waals surface area contributed by atoms with E-state index in [1.54, 1.807) is 0 Å². The van der Waals surface area contributed by atoms with Crippen molar-refractivity contribution in [1.29, 1.82) is 0 Å². The number of benzene rings is 1. The predicted octanol–water partition coefficient (Wildman–Crippen LogP) is 3.67. The molecule has 0 N–H and O–H groups in total. The molecule has 1 aliphatic heterocycles. The van der Waals surface area contributed by atoms with Gasteiger partial charge in [0.1, 0.15) is 0 Å². The van der Waals surface area contributed by atoms with Crippen LogP contribution in [0.4, 0.5) is 0 Å². The Balaban J connectivity index is 2.15. The van der Waals surface area contributed by atoms with Crippen LogP contribution in [0.3, 0.4) is 0 Å². The average molecular weight is 258 g/mol. The van der Waals surface area contributed by atoms with Crippen LogP contribution in [0.25, 0.3) is 0 Å². The van der Waals surface area contributed by atoms with Gasteiger partial charge in [0.15, 0.2) is 0 Å². The summed E-state index contributed by atoms with van der Waals surface area (Å²) in [4.78, 5) is 2.45. The van der Waals surface area contributed by atoms with E-state index >= 15 is 0 Å². The number of hydrogen-bond donors (Lipinski definition) is 0. The Labute approximate surface area is 107 Å². The van der Waals surface area contributed by atoms with Crippen molar-refractivity contribution in [3.8, 4) is 0 Å². The minimum atomic E-state index is 0.491. The van der Waals surface area contributed by atoms with Gasteiger partial charge in [0.25, 0.3) is 0 Å². The van der Waals surface area contributed by atoms with Crippen molar-refractivity contribution >= 4 is 23.2 Å². The van der Waals surface area contributed by atoms with Crippen LogP contribution in [-0.4, -0.2) is 29.2 Å². The molecule has 2 rings (SSSR count). The molecule has 1 aliphatic rings. The summed E-state index contributed by atoms with van der Waals surface area (Å²) in [6, 6.07) is 11.6. The van der Waals surface area contributed by atoms with Crippen LogP contribution < -0.4 is 0 Å². The van der Waals surface area contributed by atoms with E-state index in [4.69, 9.17) is 23.2 Å². The minimum absolute atomic E-state index is 0.491. The van der Waals surface area contributed by atoms with Gasteiger partial charge < -0.3 is 0 Å². The van der Waals surface area contributed by atoms with Crippen LogP contribution in [0.5, 0.6) is 0 Å². The summed E-state index contributed by atoms with van der Waals surface area (Å²) < 4.78 is 0. The molecule has 0 aliphatic carbocycles. The lowest BCUT2D eigenvalue weighted by Crippen LogP contribution is -2.34. The van der Waals surface area contributed by atoms with Crippen LogP contribution >= 0.6 is 23.2 Å². The lowest BCUT2D eigenvalue weighted by molar-refractivity contribution is 0.219. The second kappa shape index (κ2) is 5.90. The van der Waals surface area contributed by atoms with E-state index in [-0.39, 0.29) is 0 Å². The highest BCUT2D eigenvalue weighted by Gasteiger charge is 2.32. The molecular formula is C13H17Cl2N. The first-order valence-corrected chi connectivity index (χ1v) is 6.86. The third-order valence-corrected chi connectivity index (χ3v) is 3.87. The molecule has 3 heteroatoms. The number of hydrogen-bond acceptors (Lipinski definition) is 1. The van der Waals surface area contributed by atoms with E-state index in [0.717, 1.165) is 6.54 Å². The van der Waals surface area contributed by atoms with Crippen molar-refractivity contribution in [2.75, 3.05) is 18.3 Å². The molecule has 0 bridgehead atoms. The average Bonchev–Trinajstić information content (AvgIpc) is 2.74. The van der Waals surface area contributed by atoms with E-state index in [9.17, 15) is 0 Å². The van der Waals surface area contributed by atoms with E-state index in [2.05, 4.69) is 35.2 Å². The number of alkyl halides is 2. The molecule has 1 fully saturated rings. The molecule has 0 spiro atoms. The second-order valence-corrected chi connectivity index (χ2v) is 4.93. The summed E-state index contributed by atoms with van der Waals surface area (Å²) in [5, 5.41) is 0. The molecule has 0 radical (unpaired) electrons. The maximum Gasteiger partial charge on any atom is 0.0379 e. The van der Waals surface area contributed by atoms with Gasteiger partial charge >= 0.3 is 0 Å². The van der Waals surface area contributed by atoms with Gasteiger partial charge in [0.05, 0.1) is 0 Å². The van der Waals surface area contributed by atoms with Gasteiger partial charge in [-0.25, -0.2) is 0 Å². The molecule has 0 amide bonds. The Hall–Kier alpha value is -0.240. The molecule has 1 saturated heterocycles. The van der Waals surface area contributed by atoms with Crippen molar-refractivity contribution in [3.63, 3.8) is 0 Å². The zero-order valence-electron chi connectivity index (χ0n) is 9.28. The molecule has 1 aromatic rings. The molecule has 2 atom stereocenters. The number of rotatable bonds is 4. The smallest absolute Gasteiger partial charge is 0.0379 e. The van der Waals surface area contributed by atoms with Gasteiger partial charge in [-0.05, 0) is 18.4 Å². The minimum Gasteiger partial charge on any atom is -0.291 e. The summed E-state index contributed by atoms with van der Waals surface area (Å²) in [7, 11) is 0. The third kappa shape index (κ3) is 2.53. The highest BCUT2D eigenvalue weighted by Crippen LogP contribution is 2.36. The van der Waals surface area contributed by atoms with Crippen LogP contribution in [0.1, 0.15) is 24.4 Å². The van der Waals surface area contributed by atoms with Gasteiger partial charge in [-0.15, -0.1) is 23.2 Å². The molecule has 1 heterocycles. The first-order chi connectivity index (χ1) is 7.86. The maximum atomic E-state index is 6.01. The molecule has 0 unspecified atom stereocenters. The van der Waals surface area contributed by atoms with Gasteiger partial charge in [0, 0.05) is 30.4 Å². The molecular weight excluding hydrogens is 241 g/mol. The number of nitrogens with zero attached hydrogens (tertiary/aromatic N) is 1. The SMILES string of the molecule is ClCCN1[C@H](CCl)CC[C@@H]1c1ccccc1. The van der Waals surface area contributed by atoms with Gasteiger partial charge in [0.2, 0.25) is 0 Å². The Morgan fingerprint density at radius 1 is 1.12 bits per heavy atom. The Morgan fingerprint density at radius 3 is 2.50 bits per heavy atom. The predicted molar refractivity (Wildman–Crippen MR) is 70.4 cm³/mol. The highest BCUT2D eigenvalue weighted by atomic mass is 35.5. The Bertz CT molecular complexity index is 315. The summed E-state index contributed by atoms with van der Waals surface area (Å²) in [6.07, 6.45) is 2.37. The quantitative estimate of drug-likeness (QED) is 0.745. The zero-order chi connectivity index (χ0) is 11.4. The van der Waals surface area contributed by atoms with Crippen LogP contribution in [0.15, 0.2) is 30.3 Å². The number of likely N-dealkylation sites (tertiary alicyclic amines) is 1. The van der Waals surface area contributed by atoms with Crippen LogP contribution in [0, 0.1) is 0 Å². The van der Waals surface area contributed by atoms with Crippen LogP contribution in [0.2, 0.25) is 0 Å². The first-order valence-electron chi connectivity index (χ1n) is 5.79. The Kier molecular flexibility index (Phi) is 4.51. The third-order valence-electron chi connectivity index (χ3n) is 3.35. The van der Waals surface area contributed by atoms with Gasteiger partial charge in [-0.3, -0.25) is 4.90 Å². The summed E-state index contributed by atoms with van der Waals surface area (Å²) in [6.45, 7) is 0.929. The van der Waals surface area contributed by atoms with E-state index in [0.29, 0.717) is 23.8 Å². The normalized spacial score (nSPS) is 26.1. The molecule has 0 saturated carbocycles. The van der Waals surface area contributed by atoms with Crippen molar-refractivity contribution in [3.05, 3.63) is 35.9 Å². The first kappa shape index (κ1) is 12.2. The van der Waals surface area contributed by atoms with Gasteiger partial charge in [-0.1, -0.05) is 30.3 Å². The molecule has 1 aromatic carbocycles. The molecule has 88 valence electrons. The monoisotopic (exact) mass is 257 g/mol. The van der Waals surface area contributed by atoms with E-state index in [1.807, 2.05) is 0 Å². The zero-order valence-corrected chi connectivity index (χ0v) is 10.8. The molecule has 1 nitrogen and oxygen atoms in total. The topological polar surface area (TPSA) is 3.24 Å². The van der Waals surface area contributed by atoms with Crippen molar-refractivity contribution < 1.29 is 0 Å². The van der Waals surface area contributed by atoms with Crippen LogP contribution in [-0.2, 0) is 0 Å². The lowest BCUT2D eigenvalue weighted by atomic mass is 10.0. The second-order valence-electron chi connectivity index (χ2n) is 4.24.